The van der Waals surface area contributed by atoms with Gasteiger partial charge >= 0.3 is 5.97 Å². The molecular formula is C17H16ClN5O3S2. The van der Waals surface area contributed by atoms with Gasteiger partial charge in [0.05, 0.1) is 18.7 Å². The van der Waals surface area contributed by atoms with Crippen molar-refractivity contribution < 1.29 is 14.3 Å². The highest BCUT2D eigenvalue weighted by molar-refractivity contribution is 7.71. The van der Waals surface area contributed by atoms with Crippen molar-refractivity contribution in [2.24, 2.45) is 0 Å². The highest BCUT2D eigenvalue weighted by atomic mass is 35.5. The average molecular weight is 438 g/mol. The smallest absolute Gasteiger partial charge is 0.311 e. The van der Waals surface area contributed by atoms with Crippen molar-refractivity contribution in [3.63, 3.8) is 0 Å². The number of aromatic amines is 1. The number of anilines is 1. The number of H-pyrrole nitrogens is 1. The van der Waals surface area contributed by atoms with Crippen LogP contribution in [0.4, 0.5) is 5.13 Å². The molecule has 0 atom stereocenters. The Morgan fingerprint density at radius 1 is 1.36 bits per heavy atom. The van der Waals surface area contributed by atoms with Crippen LogP contribution in [0.25, 0.3) is 11.4 Å². The van der Waals surface area contributed by atoms with Crippen LogP contribution >= 0.6 is 35.2 Å². The summed E-state index contributed by atoms with van der Waals surface area (Å²) in [5.74, 6) is -0.147. The van der Waals surface area contributed by atoms with Gasteiger partial charge in [-0.3, -0.25) is 19.3 Å². The van der Waals surface area contributed by atoms with Gasteiger partial charge in [-0.05, 0) is 43.4 Å². The van der Waals surface area contributed by atoms with Crippen molar-refractivity contribution in [1.29, 1.82) is 0 Å². The normalized spacial score (nSPS) is 10.6. The molecule has 1 aromatic carbocycles. The Labute approximate surface area is 174 Å². The SMILES string of the molecule is CCOC(=O)Cc1csc(NC(=O)Cn2c(-c3ccc(Cl)cc3)n[nH]c2=S)n1. The predicted octanol–water partition coefficient (Wildman–Crippen LogP) is 3.46. The molecule has 11 heteroatoms. The molecule has 1 amide bonds. The van der Waals surface area contributed by atoms with Gasteiger partial charge in [-0.1, -0.05) is 11.6 Å². The first-order valence-corrected chi connectivity index (χ1v) is 9.94. The van der Waals surface area contributed by atoms with E-state index in [9.17, 15) is 9.59 Å². The molecule has 0 radical (unpaired) electrons. The molecule has 2 aromatic heterocycles. The standard InChI is InChI=1S/C17H16ClN5O3S2/c1-2-26-14(25)7-12-9-28-16(19-12)20-13(24)8-23-15(21-22-17(23)27)10-3-5-11(18)6-4-10/h3-6,9H,2,7-8H2,1H3,(H,22,27)(H,19,20,24). The zero-order valence-electron chi connectivity index (χ0n) is 14.8. The second kappa shape index (κ2) is 9.09. The number of thiazole rings is 1. The fourth-order valence-corrected chi connectivity index (χ4v) is 3.44. The van der Waals surface area contributed by atoms with Gasteiger partial charge in [0, 0.05) is 16.0 Å². The Kier molecular flexibility index (Phi) is 6.55. The number of amides is 1. The van der Waals surface area contributed by atoms with E-state index in [1.807, 2.05) is 0 Å². The van der Waals surface area contributed by atoms with Gasteiger partial charge in [-0.25, -0.2) is 4.98 Å². The summed E-state index contributed by atoms with van der Waals surface area (Å²) in [6.07, 6.45) is 0.0632. The van der Waals surface area contributed by atoms with Gasteiger partial charge in [0.1, 0.15) is 6.54 Å². The van der Waals surface area contributed by atoms with E-state index in [0.29, 0.717) is 33.1 Å². The molecule has 0 aliphatic heterocycles. The molecule has 0 spiro atoms. The zero-order chi connectivity index (χ0) is 20.1. The van der Waals surface area contributed by atoms with Crippen molar-refractivity contribution >= 4 is 52.2 Å². The third kappa shape index (κ3) is 5.03. The van der Waals surface area contributed by atoms with E-state index in [-0.39, 0.29) is 24.8 Å². The molecule has 0 unspecified atom stereocenters. The second-order valence-electron chi connectivity index (χ2n) is 5.62. The lowest BCUT2D eigenvalue weighted by molar-refractivity contribution is -0.142. The molecule has 8 nitrogen and oxygen atoms in total. The maximum atomic E-state index is 12.4. The molecule has 3 rings (SSSR count). The van der Waals surface area contributed by atoms with E-state index in [1.165, 1.54) is 11.3 Å². The second-order valence-corrected chi connectivity index (χ2v) is 7.30. The Morgan fingerprint density at radius 2 is 2.11 bits per heavy atom. The number of benzene rings is 1. The minimum Gasteiger partial charge on any atom is -0.466 e. The first-order valence-electron chi connectivity index (χ1n) is 8.27. The monoisotopic (exact) mass is 437 g/mol. The van der Waals surface area contributed by atoms with Crippen LogP contribution in [0.1, 0.15) is 12.6 Å². The van der Waals surface area contributed by atoms with E-state index in [2.05, 4.69) is 20.5 Å². The Morgan fingerprint density at radius 3 is 2.82 bits per heavy atom. The maximum absolute atomic E-state index is 12.4. The Bertz CT molecular complexity index is 1040. The fourth-order valence-electron chi connectivity index (χ4n) is 2.39. The molecule has 146 valence electrons. The number of ether oxygens (including phenoxy) is 1. The minimum absolute atomic E-state index is 0.0416. The molecule has 3 aromatic rings. The van der Waals surface area contributed by atoms with Crippen LogP contribution in [0, 0.1) is 4.77 Å². The first kappa shape index (κ1) is 20.2. The Balaban J connectivity index is 1.68. The topological polar surface area (TPSA) is 102 Å². The summed E-state index contributed by atoms with van der Waals surface area (Å²) in [4.78, 5) is 28.2. The highest BCUT2D eigenvalue weighted by Crippen LogP contribution is 2.21. The van der Waals surface area contributed by atoms with Crippen LogP contribution in [-0.2, 0) is 27.3 Å². The molecule has 0 fully saturated rings. The van der Waals surface area contributed by atoms with Crippen LogP contribution in [-0.4, -0.2) is 38.2 Å². The molecule has 0 bridgehead atoms. The lowest BCUT2D eigenvalue weighted by atomic mass is 10.2. The summed E-state index contributed by atoms with van der Waals surface area (Å²) >= 11 is 12.4. The number of hydrogen-bond donors (Lipinski definition) is 2. The largest absolute Gasteiger partial charge is 0.466 e. The Hall–Kier alpha value is -2.56. The molecule has 28 heavy (non-hydrogen) atoms. The van der Waals surface area contributed by atoms with Gasteiger partial charge in [0.25, 0.3) is 0 Å². The van der Waals surface area contributed by atoms with Crippen molar-refractivity contribution in [1.82, 2.24) is 19.7 Å². The lowest BCUT2D eigenvalue weighted by Gasteiger charge is -2.07. The third-order valence-corrected chi connectivity index (χ3v) is 4.96. The predicted molar refractivity (Wildman–Crippen MR) is 109 cm³/mol. The molecule has 0 saturated carbocycles. The van der Waals surface area contributed by atoms with Crippen molar-refractivity contribution in [3.05, 3.63) is 45.1 Å². The van der Waals surface area contributed by atoms with Crippen molar-refractivity contribution in [2.45, 2.75) is 19.9 Å². The molecule has 0 aliphatic rings. The van der Waals surface area contributed by atoms with Gasteiger partial charge in [-0.2, -0.15) is 5.10 Å². The summed E-state index contributed by atoms with van der Waals surface area (Å²) in [5.41, 5.74) is 1.32. The summed E-state index contributed by atoms with van der Waals surface area (Å²) in [5, 5.41) is 12.3. The number of esters is 1. The highest BCUT2D eigenvalue weighted by Gasteiger charge is 2.14. The van der Waals surface area contributed by atoms with Crippen LogP contribution < -0.4 is 5.32 Å². The zero-order valence-corrected chi connectivity index (χ0v) is 17.2. The maximum Gasteiger partial charge on any atom is 0.311 e. The molecular weight excluding hydrogens is 422 g/mol. The number of carbonyl (C=O) groups is 2. The van der Waals surface area contributed by atoms with Crippen molar-refractivity contribution in [2.75, 3.05) is 11.9 Å². The lowest BCUT2D eigenvalue weighted by Crippen LogP contribution is -2.19. The van der Waals surface area contributed by atoms with Gasteiger partial charge in [0.2, 0.25) is 5.91 Å². The molecule has 2 N–H and O–H groups in total. The van der Waals surface area contributed by atoms with E-state index in [4.69, 9.17) is 28.6 Å². The van der Waals surface area contributed by atoms with Gasteiger partial charge in [-0.15, -0.1) is 11.3 Å². The van der Waals surface area contributed by atoms with Crippen molar-refractivity contribution in [3.8, 4) is 11.4 Å². The number of hydrogen-bond acceptors (Lipinski definition) is 7. The number of nitrogens with zero attached hydrogens (tertiary/aromatic N) is 3. The van der Waals surface area contributed by atoms with Gasteiger partial charge in [0.15, 0.2) is 15.7 Å². The summed E-state index contributed by atoms with van der Waals surface area (Å²) in [6.45, 7) is 2.01. The van der Waals surface area contributed by atoms with E-state index in [1.54, 1.807) is 41.1 Å². The summed E-state index contributed by atoms with van der Waals surface area (Å²) < 4.78 is 6.79. The summed E-state index contributed by atoms with van der Waals surface area (Å²) in [7, 11) is 0. The van der Waals surface area contributed by atoms with Crippen LogP contribution in [0.2, 0.25) is 5.02 Å². The number of rotatable bonds is 7. The molecule has 2 heterocycles. The van der Waals surface area contributed by atoms with E-state index >= 15 is 0 Å². The number of aromatic nitrogens is 4. The molecule has 0 saturated heterocycles. The summed E-state index contributed by atoms with van der Waals surface area (Å²) in [6, 6.07) is 7.06. The third-order valence-electron chi connectivity index (χ3n) is 3.59. The number of halogens is 1. The van der Waals surface area contributed by atoms with E-state index < -0.39 is 0 Å². The fraction of sp³-hybridized carbons (Fsp3) is 0.235. The van der Waals surface area contributed by atoms with Crippen LogP contribution in [0.3, 0.4) is 0 Å². The quantitative estimate of drug-likeness (QED) is 0.433. The van der Waals surface area contributed by atoms with Crippen LogP contribution in [0.15, 0.2) is 29.6 Å². The van der Waals surface area contributed by atoms with Crippen LogP contribution in [0.5, 0.6) is 0 Å². The first-order chi connectivity index (χ1) is 13.5. The average Bonchev–Trinajstić information content (AvgIpc) is 3.23. The number of nitrogens with one attached hydrogen (secondary N) is 2. The van der Waals surface area contributed by atoms with E-state index in [0.717, 1.165) is 5.56 Å². The van der Waals surface area contributed by atoms with Gasteiger partial charge < -0.3 is 10.1 Å². The molecule has 0 aliphatic carbocycles. The number of carbonyl (C=O) groups excluding carboxylic acids is 2. The minimum atomic E-state index is -0.358.